The number of nitrogens with one attached hydrogen (secondary N) is 1. The van der Waals surface area contributed by atoms with Gasteiger partial charge >= 0.3 is 11.7 Å². The molecule has 1 amide bonds. The van der Waals surface area contributed by atoms with Gasteiger partial charge in [0.1, 0.15) is 0 Å². The molecule has 0 radical (unpaired) electrons. The molecule has 0 aliphatic carbocycles. The normalized spacial score (nSPS) is 10.5. The number of rotatable bonds is 7. The van der Waals surface area contributed by atoms with Crippen molar-refractivity contribution in [1.82, 2.24) is 0 Å². The van der Waals surface area contributed by atoms with Crippen molar-refractivity contribution in [2.24, 2.45) is 0 Å². The number of amides is 1. The fraction of sp³-hybridized carbons (Fsp3) is 0.200. The molecule has 28 heavy (non-hydrogen) atoms. The summed E-state index contributed by atoms with van der Waals surface area (Å²) in [6.07, 6.45) is 2.86. The van der Waals surface area contributed by atoms with Gasteiger partial charge < -0.3 is 14.8 Å². The van der Waals surface area contributed by atoms with Crippen molar-refractivity contribution in [3.8, 4) is 5.75 Å². The van der Waals surface area contributed by atoms with E-state index in [-0.39, 0.29) is 11.4 Å². The van der Waals surface area contributed by atoms with Gasteiger partial charge in [0.15, 0.2) is 12.4 Å². The molecule has 8 nitrogen and oxygen atoms in total. The van der Waals surface area contributed by atoms with Crippen LogP contribution >= 0.6 is 0 Å². The number of aryl methyl sites for hydroxylation is 2. The Morgan fingerprint density at radius 1 is 1.18 bits per heavy atom. The number of carbonyl (C=O) groups excluding carboxylic acids is 2. The molecule has 0 saturated heterocycles. The molecule has 2 aromatic rings. The molecule has 0 unspecified atom stereocenters. The summed E-state index contributed by atoms with van der Waals surface area (Å²) in [5, 5.41) is 13.5. The van der Waals surface area contributed by atoms with Crippen LogP contribution in [0.3, 0.4) is 0 Å². The second-order valence-electron chi connectivity index (χ2n) is 5.94. The zero-order chi connectivity index (χ0) is 20.7. The molecule has 0 aliphatic rings. The lowest BCUT2D eigenvalue weighted by atomic mass is 10.1. The second-order valence-corrected chi connectivity index (χ2v) is 5.94. The van der Waals surface area contributed by atoms with E-state index in [2.05, 4.69) is 5.32 Å². The molecule has 0 saturated carbocycles. The molecule has 1 N–H and O–H groups in total. The Morgan fingerprint density at radius 2 is 1.89 bits per heavy atom. The molecule has 2 rings (SSSR count). The fourth-order valence-corrected chi connectivity index (χ4v) is 2.42. The topological polar surface area (TPSA) is 108 Å². The Bertz CT molecular complexity index is 936. The minimum atomic E-state index is -0.656. The maximum atomic E-state index is 12.0. The third-order valence-corrected chi connectivity index (χ3v) is 3.93. The third kappa shape index (κ3) is 5.41. The molecule has 146 valence electrons. The van der Waals surface area contributed by atoms with Gasteiger partial charge in [0.2, 0.25) is 0 Å². The highest BCUT2D eigenvalue weighted by atomic mass is 16.6. The first-order chi connectivity index (χ1) is 13.3. The highest BCUT2D eigenvalue weighted by Gasteiger charge is 2.18. The number of hydrogen-bond donors (Lipinski definition) is 1. The van der Waals surface area contributed by atoms with Gasteiger partial charge in [0, 0.05) is 23.9 Å². The van der Waals surface area contributed by atoms with Crippen molar-refractivity contribution in [2.75, 3.05) is 19.0 Å². The van der Waals surface area contributed by atoms with Gasteiger partial charge in [-0.05, 0) is 36.6 Å². The summed E-state index contributed by atoms with van der Waals surface area (Å²) in [6, 6.07) is 10.2. The van der Waals surface area contributed by atoms with Gasteiger partial charge in [-0.2, -0.15) is 0 Å². The summed E-state index contributed by atoms with van der Waals surface area (Å²) in [6.45, 7) is 3.04. The van der Waals surface area contributed by atoms with E-state index < -0.39 is 23.4 Å². The van der Waals surface area contributed by atoms with Crippen molar-refractivity contribution >= 4 is 29.3 Å². The number of nitrogens with zero attached hydrogens (tertiary/aromatic N) is 1. The molecular weight excluding hydrogens is 364 g/mol. The first-order valence-corrected chi connectivity index (χ1v) is 8.35. The fourth-order valence-electron chi connectivity index (χ4n) is 2.42. The van der Waals surface area contributed by atoms with E-state index in [0.717, 1.165) is 11.1 Å². The van der Waals surface area contributed by atoms with Crippen LogP contribution in [-0.2, 0) is 14.3 Å². The molecule has 0 aromatic heterocycles. The van der Waals surface area contributed by atoms with E-state index in [1.54, 1.807) is 13.0 Å². The Hall–Kier alpha value is -3.68. The highest BCUT2D eigenvalue weighted by Crippen LogP contribution is 2.32. The summed E-state index contributed by atoms with van der Waals surface area (Å²) in [4.78, 5) is 34.3. The van der Waals surface area contributed by atoms with E-state index in [9.17, 15) is 19.7 Å². The number of anilines is 1. The van der Waals surface area contributed by atoms with Crippen LogP contribution < -0.4 is 10.1 Å². The average molecular weight is 384 g/mol. The zero-order valence-electron chi connectivity index (χ0n) is 15.7. The monoisotopic (exact) mass is 384 g/mol. The first-order valence-electron chi connectivity index (χ1n) is 8.35. The van der Waals surface area contributed by atoms with Crippen LogP contribution in [0.25, 0.3) is 6.08 Å². The van der Waals surface area contributed by atoms with Crippen LogP contribution in [0.5, 0.6) is 5.75 Å². The third-order valence-electron chi connectivity index (χ3n) is 3.93. The van der Waals surface area contributed by atoms with Crippen molar-refractivity contribution in [2.45, 2.75) is 13.8 Å². The summed E-state index contributed by atoms with van der Waals surface area (Å²) in [5.74, 6) is -1.21. The zero-order valence-corrected chi connectivity index (χ0v) is 15.7. The Labute approximate surface area is 161 Å². The minimum Gasteiger partial charge on any atom is -0.490 e. The van der Waals surface area contributed by atoms with E-state index >= 15 is 0 Å². The standard InChI is InChI=1S/C20H20N2O6/c1-13-6-4-5-7-15(13)8-9-20(24)28-12-19(23)21-16-11-18(27-3)17(22(25)26)10-14(16)2/h4-11H,12H2,1-3H3,(H,21,23)/b9-8+. The van der Waals surface area contributed by atoms with Crippen molar-refractivity contribution in [3.63, 3.8) is 0 Å². The predicted molar refractivity (Wildman–Crippen MR) is 104 cm³/mol. The molecule has 0 heterocycles. The summed E-state index contributed by atoms with van der Waals surface area (Å²) in [7, 11) is 1.30. The van der Waals surface area contributed by atoms with Gasteiger partial charge in [-0.15, -0.1) is 0 Å². The molecule has 2 aromatic carbocycles. The van der Waals surface area contributed by atoms with Gasteiger partial charge in [0.25, 0.3) is 5.91 Å². The van der Waals surface area contributed by atoms with Crippen LogP contribution in [0.15, 0.2) is 42.5 Å². The van der Waals surface area contributed by atoms with Crippen LogP contribution in [0.1, 0.15) is 16.7 Å². The smallest absolute Gasteiger partial charge is 0.331 e. The number of ether oxygens (including phenoxy) is 2. The van der Waals surface area contributed by atoms with Gasteiger partial charge in [-0.1, -0.05) is 24.3 Å². The summed E-state index contributed by atoms with van der Waals surface area (Å²) >= 11 is 0. The average Bonchev–Trinajstić information content (AvgIpc) is 2.66. The molecular formula is C20H20N2O6. The first kappa shape index (κ1) is 20.6. The predicted octanol–water partition coefficient (Wildman–Crippen LogP) is 3.42. The Balaban J connectivity index is 1.96. The van der Waals surface area contributed by atoms with E-state index in [1.807, 2.05) is 31.2 Å². The van der Waals surface area contributed by atoms with Crippen LogP contribution in [0.2, 0.25) is 0 Å². The molecule has 0 atom stereocenters. The van der Waals surface area contributed by atoms with Crippen LogP contribution in [0, 0.1) is 24.0 Å². The van der Waals surface area contributed by atoms with E-state index in [0.29, 0.717) is 11.3 Å². The number of benzene rings is 2. The van der Waals surface area contributed by atoms with Crippen LogP contribution in [0.4, 0.5) is 11.4 Å². The highest BCUT2D eigenvalue weighted by molar-refractivity contribution is 5.95. The van der Waals surface area contributed by atoms with Crippen molar-refractivity contribution in [1.29, 1.82) is 0 Å². The molecule has 8 heteroatoms. The van der Waals surface area contributed by atoms with Gasteiger partial charge in [-0.3, -0.25) is 14.9 Å². The molecule has 0 spiro atoms. The van der Waals surface area contributed by atoms with E-state index in [4.69, 9.17) is 9.47 Å². The maximum absolute atomic E-state index is 12.0. The Kier molecular flexibility index (Phi) is 6.86. The van der Waals surface area contributed by atoms with E-state index in [1.165, 1.54) is 25.3 Å². The SMILES string of the molecule is COc1cc(NC(=O)COC(=O)/C=C/c2ccccc2C)c(C)cc1[N+](=O)[O-]. The Morgan fingerprint density at radius 3 is 2.54 bits per heavy atom. The van der Waals surface area contributed by atoms with Crippen molar-refractivity contribution < 1.29 is 24.0 Å². The quantitative estimate of drug-likeness (QED) is 0.339. The summed E-state index contributed by atoms with van der Waals surface area (Å²) in [5.41, 5.74) is 2.49. The van der Waals surface area contributed by atoms with Crippen molar-refractivity contribution in [3.05, 3.63) is 69.3 Å². The number of nitro benzene ring substituents is 1. The number of carbonyl (C=O) groups is 2. The number of esters is 1. The summed E-state index contributed by atoms with van der Waals surface area (Å²) < 4.78 is 9.90. The molecule has 0 fully saturated rings. The van der Waals surface area contributed by atoms with Gasteiger partial charge in [0.05, 0.1) is 12.0 Å². The maximum Gasteiger partial charge on any atom is 0.331 e. The minimum absolute atomic E-state index is 0.0176. The van der Waals surface area contributed by atoms with Crippen LogP contribution in [-0.4, -0.2) is 30.5 Å². The number of hydrogen-bond acceptors (Lipinski definition) is 6. The lowest BCUT2D eigenvalue weighted by molar-refractivity contribution is -0.385. The molecule has 0 bridgehead atoms. The van der Waals surface area contributed by atoms with Gasteiger partial charge in [-0.25, -0.2) is 4.79 Å². The lowest BCUT2D eigenvalue weighted by Gasteiger charge is -2.10. The number of nitro groups is 1. The lowest BCUT2D eigenvalue weighted by Crippen LogP contribution is -2.20. The second kappa shape index (κ2) is 9.31. The molecule has 0 aliphatic heterocycles. The number of methoxy groups -OCH3 is 1. The largest absolute Gasteiger partial charge is 0.490 e.